The number of carbonyl (C=O) groups is 2. The van der Waals surface area contributed by atoms with E-state index >= 15 is 0 Å². The highest BCUT2D eigenvalue weighted by Gasteiger charge is 2.41. The molecule has 0 aromatic heterocycles. The second-order valence-corrected chi connectivity index (χ2v) is 6.86. The van der Waals surface area contributed by atoms with E-state index in [1.54, 1.807) is 23.1 Å². The number of amides is 3. The van der Waals surface area contributed by atoms with Crippen LogP contribution in [0.25, 0.3) is 0 Å². The summed E-state index contributed by atoms with van der Waals surface area (Å²) < 4.78 is 0. The molecule has 3 rings (SSSR count). The van der Waals surface area contributed by atoms with Crippen molar-refractivity contribution >= 4 is 29.2 Å². The van der Waals surface area contributed by atoms with Gasteiger partial charge in [0, 0.05) is 42.8 Å². The van der Waals surface area contributed by atoms with Crippen LogP contribution in [0.5, 0.6) is 0 Å². The van der Waals surface area contributed by atoms with Crippen LogP contribution in [0.15, 0.2) is 24.3 Å². The minimum atomic E-state index is -0.138. The Morgan fingerprint density at radius 3 is 2.57 bits per heavy atom. The summed E-state index contributed by atoms with van der Waals surface area (Å²) in [5.74, 6) is 0.990. The number of nitrogens with zero attached hydrogens (tertiary/aromatic N) is 2. The average molecular weight is 336 g/mol. The molecular weight excluding hydrogens is 314 g/mol. The summed E-state index contributed by atoms with van der Waals surface area (Å²) in [5.41, 5.74) is 0.687. The Hall–Kier alpha value is -1.75. The van der Waals surface area contributed by atoms with Gasteiger partial charge in [0.25, 0.3) is 0 Å². The van der Waals surface area contributed by atoms with Gasteiger partial charge in [-0.1, -0.05) is 24.6 Å². The second kappa shape index (κ2) is 6.79. The van der Waals surface area contributed by atoms with Gasteiger partial charge in [-0.15, -0.1) is 0 Å². The number of benzene rings is 1. The fraction of sp³-hybridized carbons (Fsp3) is 0.529. The summed E-state index contributed by atoms with van der Waals surface area (Å²) in [6.07, 6.45) is 1.82. The third-order valence-electron chi connectivity index (χ3n) is 4.60. The zero-order valence-electron chi connectivity index (χ0n) is 13.3. The first-order valence-electron chi connectivity index (χ1n) is 8.15. The van der Waals surface area contributed by atoms with Crippen LogP contribution in [0.4, 0.5) is 10.5 Å². The standard InChI is InChI=1S/C17H22ClN3O2/c1-12-10-15(12)16(22)20-6-3-7-21(9-8-20)17(23)19-14-5-2-4-13(18)11-14/h2,4-5,11-12,15H,3,6-10H2,1H3,(H,19,23)/t12-,15-/m1/s1. The highest BCUT2D eigenvalue weighted by Crippen LogP contribution is 2.39. The van der Waals surface area contributed by atoms with Crippen LogP contribution in [0.3, 0.4) is 0 Å². The Morgan fingerprint density at radius 2 is 1.87 bits per heavy atom. The van der Waals surface area contributed by atoms with Gasteiger partial charge in [-0.05, 0) is 37.0 Å². The monoisotopic (exact) mass is 335 g/mol. The van der Waals surface area contributed by atoms with E-state index in [0.717, 1.165) is 19.4 Å². The van der Waals surface area contributed by atoms with Crippen molar-refractivity contribution in [2.75, 3.05) is 31.5 Å². The molecular formula is C17H22ClN3O2. The first-order valence-corrected chi connectivity index (χ1v) is 8.52. The van der Waals surface area contributed by atoms with Gasteiger partial charge < -0.3 is 15.1 Å². The summed E-state index contributed by atoms with van der Waals surface area (Å²) in [6, 6.07) is 6.97. The van der Waals surface area contributed by atoms with Crippen molar-refractivity contribution in [1.29, 1.82) is 0 Å². The van der Waals surface area contributed by atoms with Crippen molar-refractivity contribution in [3.8, 4) is 0 Å². The van der Waals surface area contributed by atoms with Crippen molar-refractivity contribution in [2.24, 2.45) is 11.8 Å². The molecule has 0 spiro atoms. The molecule has 1 heterocycles. The fourth-order valence-corrected chi connectivity index (χ4v) is 3.20. The molecule has 1 aromatic rings. The molecule has 1 saturated heterocycles. The van der Waals surface area contributed by atoms with Crippen molar-refractivity contribution in [3.05, 3.63) is 29.3 Å². The second-order valence-electron chi connectivity index (χ2n) is 6.43. The summed E-state index contributed by atoms with van der Waals surface area (Å²) in [6.45, 7) is 4.70. The third-order valence-corrected chi connectivity index (χ3v) is 4.83. The van der Waals surface area contributed by atoms with Crippen LogP contribution >= 0.6 is 11.6 Å². The molecule has 0 bridgehead atoms. The lowest BCUT2D eigenvalue weighted by molar-refractivity contribution is -0.132. The van der Waals surface area contributed by atoms with Gasteiger partial charge in [-0.3, -0.25) is 4.79 Å². The topological polar surface area (TPSA) is 52.7 Å². The highest BCUT2D eigenvalue weighted by molar-refractivity contribution is 6.30. The Morgan fingerprint density at radius 1 is 1.17 bits per heavy atom. The Bertz CT molecular complexity index is 607. The maximum atomic E-state index is 12.4. The van der Waals surface area contributed by atoms with Crippen molar-refractivity contribution in [1.82, 2.24) is 9.80 Å². The van der Waals surface area contributed by atoms with Crippen LogP contribution in [0.1, 0.15) is 19.8 Å². The number of hydrogen-bond donors (Lipinski definition) is 1. The zero-order valence-corrected chi connectivity index (χ0v) is 14.1. The van der Waals surface area contributed by atoms with Gasteiger partial charge in [0.1, 0.15) is 0 Å². The molecule has 23 heavy (non-hydrogen) atoms. The van der Waals surface area contributed by atoms with Gasteiger partial charge in [-0.25, -0.2) is 4.79 Å². The molecule has 2 atom stereocenters. The van der Waals surface area contributed by atoms with E-state index in [9.17, 15) is 9.59 Å². The molecule has 2 aliphatic rings. The Labute approximate surface area is 141 Å². The lowest BCUT2D eigenvalue weighted by Gasteiger charge is -2.22. The summed E-state index contributed by atoms with van der Waals surface area (Å²) in [5, 5.41) is 3.46. The number of anilines is 1. The largest absolute Gasteiger partial charge is 0.341 e. The van der Waals surface area contributed by atoms with Crippen LogP contribution < -0.4 is 5.32 Å². The Balaban J connectivity index is 1.55. The minimum absolute atomic E-state index is 0.138. The van der Waals surface area contributed by atoms with Crippen LogP contribution in [-0.4, -0.2) is 47.9 Å². The number of urea groups is 1. The summed E-state index contributed by atoms with van der Waals surface area (Å²) in [7, 11) is 0. The number of carbonyl (C=O) groups excluding carboxylic acids is 2. The van der Waals surface area contributed by atoms with Gasteiger partial charge in [0.15, 0.2) is 0 Å². The van der Waals surface area contributed by atoms with Gasteiger partial charge in [0.2, 0.25) is 5.91 Å². The molecule has 3 amide bonds. The predicted octanol–water partition coefficient (Wildman–Crippen LogP) is 3.06. The predicted molar refractivity (Wildman–Crippen MR) is 90.5 cm³/mol. The van der Waals surface area contributed by atoms with Crippen LogP contribution in [-0.2, 0) is 4.79 Å². The van der Waals surface area contributed by atoms with E-state index in [0.29, 0.717) is 36.3 Å². The fourth-order valence-electron chi connectivity index (χ4n) is 3.01. The number of hydrogen-bond acceptors (Lipinski definition) is 2. The number of nitrogens with one attached hydrogen (secondary N) is 1. The van der Waals surface area contributed by atoms with E-state index in [4.69, 9.17) is 11.6 Å². The van der Waals surface area contributed by atoms with Crippen LogP contribution in [0, 0.1) is 11.8 Å². The molecule has 1 aliphatic heterocycles. The van der Waals surface area contributed by atoms with E-state index < -0.39 is 0 Å². The molecule has 2 fully saturated rings. The minimum Gasteiger partial charge on any atom is -0.341 e. The van der Waals surface area contributed by atoms with Crippen LogP contribution in [0.2, 0.25) is 5.02 Å². The van der Waals surface area contributed by atoms with E-state index in [2.05, 4.69) is 12.2 Å². The molecule has 0 radical (unpaired) electrons. The quantitative estimate of drug-likeness (QED) is 0.903. The molecule has 1 aliphatic carbocycles. The van der Waals surface area contributed by atoms with Gasteiger partial charge >= 0.3 is 6.03 Å². The lowest BCUT2D eigenvalue weighted by Crippen LogP contribution is -2.39. The van der Waals surface area contributed by atoms with E-state index in [-0.39, 0.29) is 17.9 Å². The highest BCUT2D eigenvalue weighted by atomic mass is 35.5. The SMILES string of the molecule is C[C@@H]1C[C@H]1C(=O)N1CCCN(C(=O)Nc2cccc(Cl)c2)CC1. The first kappa shape index (κ1) is 16.1. The van der Waals surface area contributed by atoms with Gasteiger partial charge in [0.05, 0.1) is 0 Å². The average Bonchev–Trinajstić information content (AvgIpc) is 3.28. The van der Waals surface area contributed by atoms with Gasteiger partial charge in [-0.2, -0.15) is 0 Å². The molecule has 0 unspecified atom stereocenters. The summed E-state index contributed by atoms with van der Waals surface area (Å²) >= 11 is 5.93. The first-order chi connectivity index (χ1) is 11.0. The maximum absolute atomic E-state index is 12.4. The van der Waals surface area contributed by atoms with Crippen molar-refractivity contribution in [3.63, 3.8) is 0 Å². The van der Waals surface area contributed by atoms with E-state index in [1.165, 1.54) is 0 Å². The number of halogens is 1. The van der Waals surface area contributed by atoms with Crippen molar-refractivity contribution < 1.29 is 9.59 Å². The molecule has 1 saturated carbocycles. The molecule has 5 nitrogen and oxygen atoms in total. The van der Waals surface area contributed by atoms with E-state index in [1.807, 2.05) is 11.0 Å². The lowest BCUT2D eigenvalue weighted by atomic mass is 10.3. The normalized spacial score (nSPS) is 24.1. The Kier molecular flexibility index (Phi) is 4.76. The third kappa shape index (κ3) is 3.96. The number of rotatable bonds is 2. The molecule has 1 aromatic carbocycles. The molecule has 6 heteroatoms. The maximum Gasteiger partial charge on any atom is 0.321 e. The van der Waals surface area contributed by atoms with Crippen molar-refractivity contribution in [2.45, 2.75) is 19.8 Å². The molecule has 124 valence electrons. The zero-order chi connectivity index (χ0) is 16.4. The summed E-state index contributed by atoms with van der Waals surface area (Å²) in [4.78, 5) is 28.4. The molecule has 1 N–H and O–H groups in total. The smallest absolute Gasteiger partial charge is 0.321 e.